The van der Waals surface area contributed by atoms with E-state index < -0.39 is 33.5 Å². The third kappa shape index (κ3) is 3.89. The Kier molecular flexibility index (Phi) is 4.22. The van der Waals surface area contributed by atoms with Gasteiger partial charge in [0.05, 0.1) is 11.5 Å². The first-order valence-electron chi connectivity index (χ1n) is 6.04. The van der Waals surface area contributed by atoms with Crippen molar-refractivity contribution in [3.05, 3.63) is 35.4 Å². The predicted molar refractivity (Wildman–Crippen MR) is 68.8 cm³/mol. The molecule has 0 saturated carbocycles. The maximum atomic E-state index is 13.3. The predicted octanol–water partition coefficient (Wildman–Crippen LogP) is 0.951. The Balaban J connectivity index is 1.85. The fraction of sp³-hybridized carbons (Fsp3) is 0.417. The van der Waals surface area contributed by atoms with Crippen LogP contribution in [-0.2, 0) is 16.4 Å². The van der Waals surface area contributed by atoms with E-state index >= 15 is 0 Å². The van der Waals surface area contributed by atoms with Crippen LogP contribution in [0.15, 0.2) is 18.2 Å². The second kappa shape index (κ2) is 5.74. The maximum Gasteiger partial charge on any atom is 0.315 e. The van der Waals surface area contributed by atoms with Crippen LogP contribution in [0.4, 0.5) is 13.6 Å². The number of nitrogens with one attached hydrogen (secondary N) is 2. The molecule has 5 nitrogen and oxygen atoms in total. The third-order valence-electron chi connectivity index (χ3n) is 3.01. The SMILES string of the molecule is O=C(NCc1cc(F)ccc1F)NC1CCS(=O)(=O)C1. The third-order valence-corrected chi connectivity index (χ3v) is 4.78. The molecule has 20 heavy (non-hydrogen) atoms. The minimum Gasteiger partial charge on any atom is -0.334 e. The van der Waals surface area contributed by atoms with E-state index in [0.29, 0.717) is 6.42 Å². The standard InChI is InChI=1S/C12H14F2N2O3S/c13-9-1-2-11(14)8(5-9)6-15-12(17)16-10-3-4-20(18,19)7-10/h1-2,5,10H,3-4,6-7H2,(H2,15,16,17). The van der Waals surface area contributed by atoms with Gasteiger partial charge in [0.1, 0.15) is 11.6 Å². The van der Waals surface area contributed by atoms with Gasteiger partial charge in [0.25, 0.3) is 0 Å². The molecule has 1 aliphatic rings. The largest absolute Gasteiger partial charge is 0.334 e. The van der Waals surface area contributed by atoms with E-state index in [-0.39, 0.29) is 23.6 Å². The molecule has 1 aliphatic heterocycles. The molecule has 1 fully saturated rings. The lowest BCUT2D eigenvalue weighted by molar-refractivity contribution is 0.237. The highest BCUT2D eigenvalue weighted by molar-refractivity contribution is 7.91. The quantitative estimate of drug-likeness (QED) is 0.873. The van der Waals surface area contributed by atoms with Crippen LogP contribution in [0.5, 0.6) is 0 Å². The first-order valence-corrected chi connectivity index (χ1v) is 7.86. The van der Waals surface area contributed by atoms with Gasteiger partial charge in [-0.15, -0.1) is 0 Å². The van der Waals surface area contributed by atoms with Crippen molar-refractivity contribution in [2.24, 2.45) is 0 Å². The summed E-state index contributed by atoms with van der Waals surface area (Å²) in [6, 6.07) is 1.93. The molecule has 0 radical (unpaired) electrons. The number of hydrogen-bond donors (Lipinski definition) is 2. The highest BCUT2D eigenvalue weighted by Gasteiger charge is 2.28. The molecule has 0 bridgehead atoms. The van der Waals surface area contributed by atoms with Crippen LogP contribution >= 0.6 is 0 Å². The van der Waals surface area contributed by atoms with E-state index in [1.165, 1.54) is 0 Å². The number of sulfone groups is 1. The fourth-order valence-electron chi connectivity index (χ4n) is 2.00. The summed E-state index contributed by atoms with van der Waals surface area (Å²) >= 11 is 0. The zero-order valence-corrected chi connectivity index (χ0v) is 11.3. The van der Waals surface area contributed by atoms with Crippen molar-refractivity contribution in [3.63, 3.8) is 0 Å². The van der Waals surface area contributed by atoms with Gasteiger partial charge in [0.2, 0.25) is 0 Å². The summed E-state index contributed by atoms with van der Waals surface area (Å²) in [6.07, 6.45) is 0.365. The van der Waals surface area contributed by atoms with Crippen molar-refractivity contribution >= 4 is 15.9 Å². The topological polar surface area (TPSA) is 75.3 Å². The Bertz CT molecular complexity index is 619. The molecule has 1 aromatic carbocycles. The minimum absolute atomic E-state index is 0.0270. The summed E-state index contributed by atoms with van der Waals surface area (Å²) in [5.41, 5.74) is 0.0270. The number of hydrogen-bond acceptors (Lipinski definition) is 3. The van der Waals surface area contributed by atoms with Crippen molar-refractivity contribution in [1.82, 2.24) is 10.6 Å². The molecule has 2 N–H and O–H groups in total. The molecule has 0 aromatic heterocycles. The van der Waals surface area contributed by atoms with Crippen LogP contribution in [0.3, 0.4) is 0 Å². The molecule has 1 saturated heterocycles. The Morgan fingerprint density at radius 2 is 2.10 bits per heavy atom. The average molecular weight is 304 g/mol. The van der Waals surface area contributed by atoms with Gasteiger partial charge in [-0.05, 0) is 24.6 Å². The smallest absolute Gasteiger partial charge is 0.315 e. The van der Waals surface area contributed by atoms with Crippen LogP contribution < -0.4 is 10.6 Å². The van der Waals surface area contributed by atoms with Crippen molar-refractivity contribution < 1.29 is 22.0 Å². The number of rotatable bonds is 3. The Labute approximate surface area is 115 Å². The molecule has 1 aromatic rings. The monoisotopic (exact) mass is 304 g/mol. The van der Waals surface area contributed by atoms with E-state index in [1.807, 2.05) is 0 Å². The average Bonchev–Trinajstić information content (AvgIpc) is 2.70. The molecule has 2 rings (SSSR count). The van der Waals surface area contributed by atoms with Gasteiger partial charge >= 0.3 is 6.03 Å². The number of amides is 2. The van der Waals surface area contributed by atoms with Crippen molar-refractivity contribution in [2.45, 2.75) is 19.0 Å². The molecule has 1 unspecified atom stereocenters. The molecular formula is C12H14F2N2O3S. The molecule has 0 aliphatic carbocycles. The van der Waals surface area contributed by atoms with E-state index in [2.05, 4.69) is 10.6 Å². The molecule has 1 heterocycles. The summed E-state index contributed by atoms with van der Waals surface area (Å²) in [5.74, 6) is -1.24. The molecule has 1 atom stereocenters. The van der Waals surface area contributed by atoms with Crippen molar-refractivity contribution in [1.29, 1.82) is 0 Å². The highest BCUT2D eigenvalue weighted by atomic mass is 32.2. The number of carbonyl (C=O) groups excluding carboxylic acids is 1. The fourth-order valence-corrected chi connectivity index (χ4v) is 3.67. The van der Waals surface area contributed by atoms with Gasteiger partial charge in [0, 0.05) is 18.2 Å². The summed E-state index contributed by atoms with van der Waals surface area (Å²) in [4.78, 5) is 11.5. The number of benzene rings is 1. The van der Waals surface area contributed by atoms with Crippen molar-refractivity contribution in [2.75, 3.05) is 11.5 Å². The van der Waals surface area contributed by atoms with E-state index in [1.54, 1.807) is 0 Å². The van der Waals surface area contributed by atoms with Crippen LogP contribution in [-0.4, -0.2) is 32.0 Å². The van der Waals surface area contributed by atoms with Crippen LogP contribution in [0, 0.1) is 11.6 Å². The van der Waals surface area contributed by atoms with Crippen LogP contribution in [0.25, 0.3) is 0 Å². The summed E-state index contributed by atoms with van der Waals surface area (Å²) in [5, 5.41) is 4.86. The summed E-state index contributed by atoms with van der Waals surface area (Å²) in [6.45, 7) is -0.172. The van der Waals surface area contributed by atoms with E-state index in [0.717, 1.165) is 18.2 Å². The zero-order chi connectivity index (χ0) is 14.8. The van der Waals surface area contributed by atoms with Crippen molar-refractivity contribution in [3.8, 4) is 0 Å². The Morgan fingerprint density at radius 3 is 2.75 bits per heavy atom. The highest BCUT2D eigenvalue weighted by Crippen LogP contribution is 2.11. The lowest BCUT2D eigenvalue weighted by Crippen LogP contribution is -2.42. The maximum absolute atomic E-state index is 13.3. The normalized spacial score (nSPS) is 20.6. The molecule has 110 valence electrons. The first kappa shape index (κ1) is 14.7. The van der Waals surface area contributed by atoms with E-state index in [9.17, 15) is 22.0 Å². The summed E-state index contributed by atoms with van der Waals surface area (Å²) in [7, 11) is -3.07. The number of urea groups is 1. The van der Waals surface area contributed by atoms with Gasteiger partial charge < -0.3 is 10.6 Å². The van der Waals surface area contributed by atoms with E-state index in [4.69, 9.17) is 0 Å². The Hall–Kier alpha value is -1.70. The van der Waals surface area contributed by atoms with Gasteiger partial charge in [0.15, 0.2) is 9.84 Å². The van der Waals surface area contributed by atoms with Gasteiger partial charge in [-0.3, -0.25) is 0 Å². The molecular weight excluding hydrogens is 290 g/mol. The second-order valence-electron chi connectivity index (χ2n) is 4.66. The molecule has 2 amide bonds. The van der Waals surface area contributed by atoms with Crippen LogP contribution in [0.2, 0.25) is 0 Å². The van der Waals surface area contributed by atoms with Gasteiger partial charge in [-0.2, -0.15) is 0 Å². The number of carbonyl (C=O) groups is 1. The Morgan fingerprint density at radius 1 is 1.35 bits per heavy atom. The first-order chi connectivity index (χ1) is 9.35. The van der Waals surface area contributed by atoms with Gasteiger partial charge in [-0.1, -0.05) is 0 Å². The minimum atomic E-state index is -3.07. The number of halogens is 2. The zero-order valence-electron chi connectivity index (χ0n) is 10.5. The van der Waals surface area contributed by atoms with Crippen LogP contribution in [0.1, 0.15) is 12.0 Å². The van der Waals surface area contributed by atoms with Gasteiger partial charge in [-0.25, -0.2) is 22.0 Å². The molecule has 0 spiro atoms. The lowest BCUT2D eigenvalue weighted by atomic mass is 10.2. The lowest BCUT2D eigenvalue weighted by Gasteiger charge is -2.12. The molecule has 8 heteroatoms. The second-order valence-corrected chi connectivity index (χ2v) is 6.89. The summed E-state index contributed by atoms with van der Waals surface area (Å²) < 4.78 is 48.7.